The van der Waals surface area contributed by atoms with Crippen LogP contribution in [-0.2, 0) is 15.9 Å². The van der Waals surface area contributed by atoms with Gasteiger partial charge in [0.2, 0.25) is 0 Å². The lowest BCUT2D eigenvalue weighted by Crippen LogP contribution is -2.55. The van der Waals surface area contributed by atoms with Crippen LogP contribution in [0.2, 0.25) is 0 Å². The first-order valence-electron chi connectivity index (χ1n) is 9.77. The van der Waals surface area contributed by atoms with Crippen LogP contribution in [0.5, 0.6) is 0 Å². The number of nitrogens with two attached hydrogens (primary N) is 1. The number of ether oxygens (including phenoxy) is 2. The minimum atomic E-state index is -0.549. The average molecular weight is 346 g/mol. The predicted octanol–water partition coefficient (Wildman–Crippen LogP) is 5.08. The van der Waals surface area contributed by atoms with Crippen molar-refractivity contribution >= 4 is 6.08 Å². The molecule has 1 fully saturated rings. The predicted molar refractivity (Wildman–Crippen MR) is 105 cm³/mol. The van der Waals surface area contributed by atoms with Crippen LogP contribution in [0.25, 0.3) is 6.08 Å². The summed E-state index contributed by atoms with van der Waals surface area (Å²) in [7, 11) is 0. The molecule has 3 nitrogen and oxygen atoms in total. The monoisotopic (exact) mass is 345 g/mol. The summed E-state index contributed by atoms with van der Waals surface area (Å²) < 4.78 is 11.3. The second-order valence-corrected chi connectivity index (χ2v) is 7.80. The van der Waals surface area contributed by atoms with E-state index < -0.39 is 11.3 Å². The standard InChI is InChI=1S/C22H35NO2/c1-4-5-6-7-8-9-10-19-11-13-20(14-12-19)15-16-22(23)17-24-21(2,3)25-18-22/h11-16H,4-10,17-18,23H2,1-3H3/b16-15+. The van der Waals surface area contributed by atoms with Crippen LogP contribution in [0.15, 0.2) is 30.3 Å². The van der Waals surface area contributed by atoms with Gasteiger partial charge in [-0.1, -0.05) is 75.4 Å². The molecule has 0 atom stereocenters. The highest BCUT2D eigenvalue weighted by molar-refractivity contribution is 5.51. The van der Waals surface area contributed by atoms with E-state index in [1.807, 2.05) is 19.9 Å². The van der Waals surface area contributed by atoms with Gasteiger partial charge in [-0.2, -0.15) is 0 Å². The molecule has 2 N–H and O–H groups in total. The molecule has 0 aromatic heterocycles. The number of rotatable bonds is 9. The van der Waals surface area contributed by atoms with Crippen LogP contribution in [-0.4, -0.2) is 24.5 Å². The Morgan fingerprint density at radius 2 is 1.56 bits per heavy atom. The smallest absolute Gasteiger partial charge is 0.162 e. The van der Waals surface area contributed by atoms with E-state index in [9.17, 15) is 0 Å². The minimum Gasteiger partial charge on any atom is -0.348 e. The van der Waals surface area contributed by atoms with Crippen LogP contribution in [0, 0.1) is 0 Å². The van der Waals surface area contributed by atoms with Crippen molar-refractivity contribution in [3.05, 3.63) is 41.5 Å². The van der Waals surface area contributed by atoms with Crippen molar-refractivity contribution in [3.8, 4) is 0 Å². The number of aryl methyl sites for hydroxylation is 1. The molecule has 140 valence electrons. The van der Waals surface area contributed by atoms with Crippen molar-refractivity contribution in [1.29, 1.82) is 0 Å². The second kappa shape index (κ2) is 9.51. The quantitative estimate of drug-likeness (QED) is 0.635. The molecule has 0 spiro atoms. The van der Waals surface area contributed by atoms with Crippen LogP contribution >= 0.6 is 0 Å². The summed E-state index contributed by atoms with van der Waals surface area (Å²) in [5.41, 5.74) is 8.37. The molecule has 1 aromatic rings. The molecule has 0 bridgehead atoms. The van der Waals surface area contributed by atoms with E-state index in [1.54, 1.807) is 0 Å². The fourth-order valence-electron chi connectivity index (χ4n) is 2.96. The molecular formula is C22H35NO2. The second-order valence-electron chi connectivity index (χ2n) is 7.80. The summed E-state index contributed by atoms with van der Waals surface area (Å²) >= 11 is 0. The maximum Gasteiger partial charge on any atom is 0.162 e. The molecule has 1 aromatic carbocycles. The molecule has 1 aliphatic rings. The van der Waals surface area contributed by atoms with Gasteiger partial charge in [0.1, 0.15) is 0 Å². The topological polar surface area (TPSA) is 44.5 Å². The normalized spacial score (nSPS) is 19.4. The van der Waals surface area contributed by atoms with Gasteiger partial charge in [0, 0.05) is 0 Å². The summed E-state index contributed by atoms with van der Waals surface area (Å²) in [4.78, 5) is 0. The van der Waals surface area contributed by atoms with Crippen LogP contribution < -0.4 is 5.73 Å². The number of hydrogen-bond donors (Lipinski definition) is 1. The third kappa shape index (κ3) is 7.31. The molecule has 0 saturated carbocycles. The van der Waals surface area contributed by atoms with Gasteiger partial charge in [-0.05, 0) is 37.8 Å². The fraction of sp³-hybridized carbons (Fsp3) is 0.636. The highest BCUT2D eigenvalue weighted by Gasteiger charge is 2.35. The summed E-state index contributed by atoms with van der Waals surface area (Å²) in [5.74, 6) is -0.533. The Kier molecular flexibility index (Phi) is 7.67. The lowest BCUT2D eigenvalue weighted by molar-refractivity contribution is -0.260. The Bertz CT molecular complexity index is 523. The van der Waals surface area contributed by atoms with Gasteiger partial charge in [0.15, 0.2) is 5.79 Å². The molecule has 25 heavy (non-hydrogen) atoms. The van der Waals surface area contributed by atoms with E-state index in [4.69, 9.17) is 15.2 Å². The van der Waals surface area contributed by atoms with Gasteiger partial charge in [0.05, 0.1) is 18.8 Å². The van der Waals surface area contributed by atoms with E-state index >= 15 is 0 Å². The zero-order chi connectivity index (χ0) is 18.2. The molecule has 0 radical (unpaired) electrons. The Morgan fingerprint density at radius 1 is 0.960 bits per heavy atom. The van der Waals surface area contributed by atoms with Crippen molar-refractivity contribution in [2.45, 2.75) is 77.0 Å². The van der Waals surface area contributed by atoms with Gasteiger partial charge in [-0.15, -0.1) is 0 Å². The molecule has 0 unspecified atom stereocenters. The third-order valence-electron chi connectivity index (χ3n) is 4.78. The molecule has 0 amide bonds. The molecule has 1 aliphatic heterocycles. The largest absolute Gasteiger partial charge is 0.348 e. The lowest BCUT2D eigenvalue weighted by atomic mass is 9.99. The van der Waals surface area contributed by atoms with Gasteiger partial charge in [-0.3, -0.25) is 0 Å². The van der Waals surface area contributed by atoms with Crippen molar-refractivity contribution in [1.82, 2.24) is 0 Å². The summed E-state index contributed by atoms with van der Waals surface area (Å²) in [6.07, 6.45) is 13.3. The molecule has 0 aliphatic carbocycles. The van der Waals surface area contributed by atoms with E-state index in [2.05, 4.69) is 37.3 Å². The summed E-state index contributed by atoms with van der Waals surface area (Å²) in [6.45, 7) is 7.05. The number of benzene rings is 1. The molecule has 3 heteroatoms. The maximum atomic E-state index is 6.34. The first-order chi connectivity index (χ1) is 11.9. The zero-order valence-electron chi connectivity index (χ0n) is 16.2. The van der Waals surface area contributed by atoms with Gasteiger partial charge >= 0.3 is 0 Å². The Morgan fingerprint density at radius 3 is 2.20 bits per heavy atom. The summed E-state index contributed by atoms with van der Waals surface area (Å²) in [5, 5.41) is 0. The lowest BCUT2D eigenvalue weighted by Gasteiger charge is -2.39. The van der Waals surface area contributed by atoms with Crippen molar-refractivity contribution in [3.63, 3.8) is 0 Å². The maximum absolute atomic E-state index is 6.34. The zero-order valence-corrected chi connectivity index (χ0v) is 16.2. The first kappa shape index (κ1) is 20.2. The van der Waals surface area contributed by atoms with Crippen molar-refractivity contribution in [2.75, 3.05) is 13.2 Å². The van der Waals surface area contributed by atoms with Gasteiger partial charge in [-0.25, -0.2) is 0 Å². The van der Waals surface area contributed by atoms with Crippen molar-refractivity contribution < 1.29 is 9.47 Å². The highest BCUT2D eigenvalue weighted by Crippen LogP contribution is 2.23. The van der Waals surface area contributed by atoms with Crippen LogP contribution in [0.4, 0.5) is 0 Å². The third-order valence-corrected chi connectivity index (χ3v) is 4.78. The molecule has 2 rings (SSSR count). The van der Waals surface area contributed by atoms with Gasteiger partial charge in [0.25, 0.3) is 0 Å². The van der Waals surface area contributed by atoms with E-state index in [0.29, 0.717) is 13.2 Å². The van der Waals surface area contributed by atoms with E-state index in [0.717, 1.165) is 0 Å². The minimum absolute atomic E-state index is 0.479. The van der Waals surface area contributed by atoms with Gasteiger partial charge < -0.3 is 15.2 Å². The van der Waals surface area contributed by atoms with E-state index in [1.165, 1.54) is 56.1 Å². The van der Waals surface area contributed by atoms with Crippen LogP contribution in [0.1, 0.15) is 70.4 Å². The molecular weight excluding hydrogens is 310 g/mol. The van der Waals surface area contributed by atoms with Crippen molar-refractivity contribution in [2.24, 2.45) is 5.73 Å². The number of hydrogen-bond acceptors (Lipinski definition) is 3. The molecule has 1 heterocycles. The molecule has 1 saturated heterocycles. The van der Waals surface area contributed by atoms with Crippen LogP contribution in [0.3, 0.4) is 0 Å². The highest BCUT2D eigenvalue weighted by atomic mass is 16.7. The SMILES string of the molecule is CCCCCCCCc1ccc(/C=C/C2(N)COC(C)(C)OC2)cc1. The number of unbranched alkanes of at least 4 members (excludes halogenated alkanes) is 5. The Hall–Kier alpha value is -1.16. The Labute approximate surface area is 153 Å². The summed E-state index contributed by atoms with van der Waals surface area (Å²) in [6, 6.07) is 8.79. The van der Waals surface area contributed by atoms with E-state index in [-0.39, 0.29) is 0 Å². The Balaban J connectivity index is 1.76. The average Bonchev–Trinajstić information content (AvgIpc) is 2.60. The first-order valence-corrected chi connectivity index (χ1v) is 9.77. The fourth-order valence-corrected chi connectivity index (χ4v) is 2.96.